The van der Waals surface area contributed by atoms with Gasteiger partial charge in [0.1, 0.15) is 12.1 Å². The second-order valence-corrected chi connectivity index (χ2v) is 5.98. The number of likely N-dealkylation sites (tertiary alicyclic amines) is 1. The Morgan fingerprint density at radius 1 is 1.09 bits per heavy atom. The summed E-state index contributed by atoms with van der Waals surface area (Å²) in [4.78, 5) is 39.8. The number of carboxylic acid groups (broad SMARTS) is 1. The van der Waals surface area contributed by atoms with Crippen LogP contribution in [0.2, 0.25) is 0 Å². The molecule has 1 N–H and O–H groups in total. The lowest BCUT2D eigenvalue weighted by Crippen LogP contribution is -2.48. The number of aliphatic carboxylic acids is 1. The minimum Gasteiger partial charge on any atom is -0.480 e. The summed E-state index contributed by atoms with van der Waals surface area (Å²) in [7, 11) is 0. The fourth-order valence-corrected chi connectivity index (χ4v) is 2.95. The smallest absolute Gasteiger partial charge is 0.410 e. The lowest BCUT2D eigenvalue weighted by molar-refractivity contribution is -0.147. The van der Waals surface area contributed by atoms with Crippen molar-refractivity contribution in [3.63, 3.8) is 0 Å². The molecule has 2 saturated heterocycles. The standard InChI is InChI=1S/C15H23N3O5/c1-10(2)16-4-6-17(7-5-16)15(22)23-12-8-13(14(20)21)18(9-12)11(3)19/h12-13H,1,4-9H2,2-3H3,(H,20,21)/t12-,13+/m1/s1. The Labute approximate surface area is 135 Å². The van der Waals surface area contributed by atoms with E-state index in [1.807, 2.05) is 6.92 Å². The third kappa shape index (κ3) is 3.94. The van der Waals surface area contributed by atoms with Gasteiger partial charge in [-0.2, -0.15) is 0 Å². The van der Waals surface area contributed by atoms with E-state index in [1.54, 1.807) is 4.90 Å². The molecule has 0 saturated carbocycles. The second-order valence-electron chi connectivity index (χ2n) is 5.98. The first kappa shape index (κ1) is 17.1. The first-order valence-corrected chi connectivity index (χ1v) is 7.65. The molecule has 2 aliphatic heterocycles. The van der Waals surface area contributed by atoms with Crippen LogP contribution in [0.4, 0.5) is 4.79 Å². The van der Waals surface area contributed by atoms with E-state index in [4.69, 9.17) is 9.84 Å². The zero-order chi connectivity index (χ0) is 17.1. The largest absolute Gasteiger partial charge is 0.480 e. The maximum absolute atomic E-state index is 12.2. The van der Waals surface area contributed by atoms with E-state index in [-0.39, 0.29) is 18.9 Å². The number of hydrogen-bond acceptors (Lipinski definition) is 5. The SMILES string of the molecule is C=C(C)N1CCN(C(=O)O[C@@H]2C[C@@H](C(=O)O)N(C(C)=O)C2)CC1. The van der Waals surface area contributed by atoms with Gasteiger partial charge in [-0.05, 0) is 6.92 Å². The highest BCUT2D eigenvalue weighted by atomic mass is 16.6. The topological polar surface area (TPSA) is 90.4 Å². The quantitative estimate of drug-likeness (QED) is 0.805. The Kier molecular flexibility index (Phi) is 5.12. The molecule has 128 valence electrons. The monoisotopic (exact) mass is 325 g/mol. The van der Waals surface area contributed by atoms with Crippen LogP contribution in [-0.2, 0) is 14.3 Å². The predicted octanol–water partition coefficient (Wildman–Crippen LogP) is 0.348. The van der Waals surface area contributed by atoms with E-state index in [0.29, 0.717) is 26.2 Å². The van der Waals surface area contributed by atoms with Crippen LogP contribution in [0.1, 0.15) is 20.3 Å². The lowest BCUT2D eigenvalue weighted by Gasteiger charge is -2.35. The Bertz CT molecular complexity index is 491. The molecule has 2 amide bonds. The molecule has 2 atom stereocenters. The highest BCUT2D eigenvalue weighted by molar-refractivity contribution is 5.83. The molecular weight excluding hydrogens is 302 g/mol. The fraction of sp³-hybridized carbons (Fsp3) is 0.667. The van der Waals surface area contributed by atoms with Crippen molar-refractivity contribution in [3.8, 4) is 0 Å². The van der Waals surface area contributed by atoms with Gasteiger partial charge in [-0.1, -0.05) is 6.58 Å². The van der Waals surface area contributed by atoms with Crippen LogP contribution in [0.15, 0.2) is 12.3 Å². The van der Waals surface area contributed by atoms with E-state index in [9.17, 15) is 14.4 Å². The Hall–Kier alpha value is -2.25. The number of allylic oxidation sites excluding steroid dienone is 1. The van der Waals surface area contributed by atoms with E-state index >= 15 is 0 Å². The number of hydrogen-bond donors (Lipinski definition) is 1. The molecule has 0 aromatic carbocycles. The van der Waals surface area contributed by atoms with Crippen LogP contribution >= 0.6 is 0 Å². The van der Waals surface area contributed by atoms with E-state index < -0.39 is 24.2 Å². The van der Waals surface area contributed by atoms with Crippen molar-refractivity contribution in [3.05, 3.63) is 12.3 Å². The highest BCUT2D eigenvalue weighted by Crippen LogP contribution is 2.22. The Balaban J connectivity index is 1.88. The number of amides is 2. The summed E-state index contributed by atoms with van der Waals surface area (Å²) in [6, 6.07) is -0.925. The van der Waals surface area contributed by atoms with Crippen LogP contribution in [0.25, 0.3) is 0 Å². The van der Waals surface area contributed by atoms with Crippen molar-refractivity contribution in [2.24, 2.45) is 0 Å². The molecule has 2 aliphatic rings. The lowest BCUT2D eigenvalue weighted by atomic mass is 10.2. The zero-order valence-electron chi connectivity index (χ0n) is 13.5. The highest BCUT2D eigenvalue weighted by Gasteiger charge is 2.40. The molecule has 2 fully saturated rings. The number of carbonyl (C=O) groups is 3. The van der Waals surface area contributed by atoms with Gasteiger partial charge in [0.2, 0.25) is 5.91 Å². The van der Waals surface area contributed by atoms with Gasteiger partial charge in [0.15, 0.2) is 0 Å². The fourth-order valence-electron chi connectivity index (χ4n) is 2.95. The third-order valence-electron chi connectivity index (χ3n) is 4.30. The van der Waals surface area contributed by atoms with Gasteiger partial charge in [0, 0.05) is 45.2 Å². The van der Waals surface area contributed by atoms with Gasteiger partial charge in [0.05, 0.1) is 6.54 Å². The number of carboxylic acids is 1. The summed E-state index contributed by atoms with van der Waals surface area (Å²) in [5.41, 5.74) is 0.968. The first-order valence-electron chi connectivity index (χ1n) is 7.65. The maximum atomic E-state index is 12.2. The van der Waals surface area contributed by atoms with Crippen molar-refractivity contribution < 1.29 is 24.2 Å². The number of carbonyl (C=O) groups excluding carboxylic acids is 2. The molecule has 0 aromatic heterocycles. The van der Waals surface area contributed by atoms with Gasteiger partial charge in [-0.15, -0.1) is 0 Å². The van der Waals surface area contributed by atoms with Crippen LogP contribution in [0.5, 0.6) is 0 Å². The molecule has 0 bridgehead atoms. The summed E-state index contributed by atoms with van der Waals surface area (Å²) < 4.78 is 5.40. The Morgan fingerprint density at radius 2 is 1.65 bits per heavy atom. The van der Waals surface area contributed by atoms with Crippen molar-refractivity contribution in [1.82, 2.24) is 14.7 Å². The van der Waals surface area contributed by atoms with Crippen molar-refractivity contribution >= 4 is 18.0 Å². The van der Waals surface area contributed by atoms with Crippen molar-refractivity contribution in [2.45, 2.75) is 32.4 Å². The predicted molar refractivity (Wildman–Crippen MR) is 81.7 cm³/mol. The third-order valence-corrected chi connectivity index (χ3v) is 4.30. The molecule has 0 unspecified atom stereocenters. The van der Waals surface area contributed by atoms with Crippen LogP contribution in [-0.4, -0.2) is 82.6 Å². The molecule has 0 radical (unpaired) electrons. The van der Waals surface area contributed by atoms with Crippen LogP contribution in [0.3, 0.4) is 0 Å². The number of piperazine rings is 1. The summed E-state index contributed by atoms with van der Waals surface area (Å²) in [6.45, 7) is 9.73. The molecular formula is C15H23N3O5. The van der Waals surface area contributed by atoms with Gasteiger partial charge in [-0.25, -0.2) is 9.59 Å². The molecule has 0 spiro atoms. The molecule has 0 aromatic rings. The Morgan fingerprint density at radius 3 is 2.09 bits per heavy atom. The molecule has 2 rings (SSSR count). The average molecular weight is 325 g/mol. The minimum absolute atomic E-state index is 0.129. The normalized spacial score (nSPS) is 24.5. The molecule has 2 heterocycles. The van der Waals surface area contributed by atoms with E-state index in [2.05, 4.69) is 11.5 Å². The van der Waals surface area contributed by atoms with Crippen molar-refractivity contribution in [1.29, 1.82) is 0 Å². The summed E-state index contributed by atoms with van der Waals surface area (Å²) in [5.74, 6) is -1.40. The number of nitrogens with zero attached hydrogens (tertiary/aromatic N) is 3. The van der Waals surface area contributed by atoms with Crippen molar-refractivity contribution in [2.75, 3.05) is 32.7 Å². The van der Waals surface area contributed by atoms with Crippen LogP contribution < -0.4 is 0 Å². The summed E-state index contributed by atoms with van der Waals surface area (Å²) in [6.07, 6.45) is -0.899. The van der Waals surface area contributed by atoms with Gasteiger partial charge < -0.3 is 24.5 Å². The van der Waals surface area contributed by atoms with Crippen LogP contribution in [0, 0.1) is 0 Å². The second kappa shape index (κ2) is 6.89. The maximum Gasteiger partial charge on any atom is 0.410 e. The number of rotatable bonds is 3. The zero-order valence-corrected chi connectivity index (χ0v) is 13.5. The molecule has 0 aliphatic carbocycles. The molecule has 8 nitrogen and oxygen atoms in total. The minimum atomic E-state index is -1.08. The summed E-state index contributed by atoms with van der Waals surface area (Å²) >= 11 is 0. The summed E-state index contributed by atoms with van der Waals surface area (Å²) in [5, 5.41) is 9.16. The first-order chi connectivity index (χ1) is 10.8. The van der Waals surface area contributed by atoms with E-state index in [1.165, 1.54) is 11.8 Å². The van der Waals surface area contributed by atoms with E-state index in [0.717, 1.165) is 5.70 Å². The average Bonchev–Trinajstić information content (AvgIpc) is 2.91. The molecule has 23 heavy (non-hydrogen) atoms. The molecule has 8 heteroatoms. The van der Waals surface area contributed by atoms with Gasteiger partial charge >= 0.3 is 12.1 Å². The van der Waals surface area contributed by atoms with Gasteiger partial charge in [-0.3, -0.25) is 4.79 Å². The van der Waals surface area contributed by atoms with Gasteiger partial charge in [0.25, 0.3) is 0 Å². The number of ether oxygens (including phenoxy) is 1.